The first-order valence-electron chi connectivity index (χ1n) is 10.6. The SMILES string of the molecule is Cc1cc(F)ccc1C(=O)CCCN1CCC2(CC1)C(=O)NCN2c1ccccc1. The lowest BCUT2D eigenvalue weighted by Crippen LogP contribution is -2.56. The van der Waals surface area contributed by atoms with Crippen molar-refractivity contribution in [2.75, 3.05) is 31.2 Å². The summed E-state index contributed by atoms with van der Waals surface area (Å²) in [5, 5.41) is 3.03. The zero-order valence-corrected chi connectivity index (χ0v) is 17.4. The van der Waals surface area contributed by atoms with E-state index in [9.17, 15) is 14.0 Å². The van der Waals surface area contributed by atoms with Crippen LogP contribution in [-0.4, -0.2) is 48.4 Å². The summed E-state index contributed by atoms with van der Waals surface area (Å²) in [6.45, 7) is 4.82. The molecule has 2 heterocycles. The molecule has 6 heteroatoms. The van der Waals surface area contributed by atoms with Crippen LogP contribution >= 0.6 is 0 Å². The largest absolute Gasteiger partial charge is 0.339 e. The fourth-order valence-electron chi connectivity index (χ4n) is 4.72. The third-order valence-electron chi connectivity index (χ3n) is 6.46. The summed E-state index contributed by atoms with van der Waals surface area (Å²) in [5.41, 5.74) is 1.90. The van der Waals surface area contributed by atoms with Gasteiger partial charge in [-0.05, 0) is 68.6 Å². The molecule has 30 heavy (non-hydrogen) atoms. The molecule has 158 valence electrons. The molecule has 2 aromatic rings. The van der Waals surface area contributed by atoms with Crippen molar-refractivity contribution in [3.63, 3.8) is 0 Å². The molecule has 1 spiro atoms. The fourth-order valence-corrected chi connectivity index (χ4v) is 4.72. The van der Waals surface area contributed by atoms with E-state index in [0.717, 1.165) is 44.6 Å². The van der Waals surface area contributed by atoms with Crippen LogP contribution in [0.1, 0.15) is 41.6 Å². The first-order chi connectivity index (χ1) is 14.5. The fraction of sp³-hybridized carbons (Fsp3) is 0.417. The maximum atomic E-state index is 13.2. The highest BCUT2D eigenvalue weighted by molar-refractivity contribution is 5.97. The molecule has 1 N–H and O–H groups in total. The van der Waals surface area contributed by atoms with Crippen LogP contribution in [0, 0.1) is 12.7 Å². The smallest absolute Gasteiger partial charge is 0.247 e. The lowest BCUT2D eigenvalue weighted by atomic mass is 9.85. The van der Waals surface area contributed by atoms with E-state index in [4.69, 9.17) is 0 Å². The summed E-state index contributed by atoms with van der Waals surface area (Å²) in [7, 11) is 0. The van der Waals surface area contributed by atoms with Gasteiger partial charge in [-0.3, -0.25) is 9.59 Å². The molecule has 0 atom stereocenters. The number of hydrogen-bond acceptors (Lipinski definition) is 4. The van der Waals surface area contributed by atoms with E-state index in [1.54, 1.807) is 13.0 Å². The van der Waals surface area contributed by atoms with Gasteiger partial charge in [-0.1, -0.05) is 18.2 Å². The van der Waals surface area contributed by atoms with Crippen LogP contribution in [0.3, 0.4) is 0 Å². The summed E-state index contributed by atoms with van der Waals surface area (Å²) in [5.74, 6) is -0.133. The summed E-state index contributed by atoms with van der Waals surface area (Å²) in [4.78, 5) is 29.7. The molecule has 2 aliphatic heterocycles. The number of carbonyl (C=O) groups excluding carboxylic acids is 2. The molecular formula is C24H28FN3O2. The van der Waals surface area contributed by atoms with Gasteiger partial charge in [0.2, 0.25) is 5.91 Å². The molecule has 0 saturated carbocycles. The number of Topliss-reactive ketones (excluding diaryl/α,β-unsaturated/α-hetero) is 1. The summed E-state index contributed by atoms with van der Waals surface area (Å²) < 4.78 is 13.2. The van der Waals surface area contributed by atoms with Crippen molar-refractivity contribution in [1.82, 2.24) is 10.2 Å². The Morgan fingerprint density at radius 3 is 2.57 bits per heavy atom. The Balaban J connectivity index is 1.31. The second-order valence-electron chi connectivity index (χ2n) is 8.29. The van der Waals surface area contributed by atoms with Gasteiger partial charge in [-0.2, -0.15) is 0 Å². The van der Waals surface area contributed by atoms with Crippen molar-refractivity contribution in [2.45, 2.75) is 38.1 Å². The highest BCUT2D eigenvalue weighted by Gasteiger charge is 2.50. The number of nitrogens with one attached hydrogen (secondary N) is 1. The molecule has 0 aliphatic carbocycles. The number of halogens is 1. The van der Waals surface area contributed by atoms with Gasteiger partial charge in [0.1, 0.15) is 11.4 Å². The Bertz CT molecular complexity index is 923. The number of carbonyl (C=O) groups is 2. The third kappa shape index (κ3) is 3.97. The molecule has 2 aromatic carbocycles. The molecular weight excluding hydrogens is 381 g/mol. The van der Waals surface area contributed by atoms with Crippen LogP contribution < -0.4 is 10.2 Å². The van der Waals surface area contributed by atoms with E-state index in [1.807, 2.05) is 18.2 Å². The monoisotopic (exact) mass is 409 g/mol. The normalized spacial score (nSPS) is 18.6. The predicted octanol–water partition coefficient (Wildman–Crippen LogP) is 3.53. The van der Waals surface area contributed by atoms with Gasteiger partial charge in [-0.15, -0.1) is 0 Å². The quantitative estimate of drug-likeness (QED) is 0.742. The number of ketones is 1. The molecule has 2 aliphatic rings. The molecule has 2 fully saturated rings. The minimum Gasteiger partial charge on any atom is -0.339 e. The second kappa shape index (κ2) is 8.56. The Hall–Kier alpha value is -2.73. The topological polar surface area (TPSA) is 52.7 Å². The van der Waals surface area contributed by atoms with Crippen molar-refractivity contribution in [1.29, 1.82) is 0 Å². The van der Waals surface area contributed by atoms with Gasteiger partial charge < -0.3 is 15.1 Å². The van der Waals surface area contributed by atoms with Gasteiger partial charge in [0, 0.05) is 30.8 Å². The van der Waals surface area contributed by atoms with Crippen molar-refractivity contribution >= 4 is 17.4 Å². The van der Waals surface area contributed by atoms with E-state index < -0.39 is 5.54 Å². The highest BCUT2D eigenvalue weighted by atomic mass is 19.1. The summed E-state index contributed by atoms with van der Waals surface area (Å²) in [6, 6.07) is 14.4. The number of benzene rings is 2. The Morgan fingerprint density at radius 2 is 1.87 bits per heavy atom. The molecule has 0 radical (unpaired) electrons. The summed E-state index contributed by atoms with van der Waals surface area (Å²) in [6.07, 6.45) is 2.76. The molecule has 4 rings (SSSR count). The maximum absolute atomic E-state index is 13.2. The molecule has 2 saturated heterocycles. The zero-order chi connectivity index (χ0) is 21.1. The molecule has 0 unspecified atom stereocenters. The minimum absolute atomic E-state index is 0.0615. The van der Waals surface area contributed by atoms with Gasteiger partial charge in [0.15, 0.2) is 5.78 Å². The van der Waals surface area contributed by atoms with Crippen molar-refractivity contribution in [3.05, 3.63) is 65.5 Å². The van der Waals surface area contributed by atoms with Crippen LogP contribution in [0.25, 0.3) is 0 Å². The third-order valence-corrected chi connectivity index (χ3v) is 6.46. The number of anilines is 1. The van der Waals surface area contributed by atoms with Crippen molar-refractivity contribution in [3.8, 4) is 0 Å². The van der Waals surface area contributed by atoms with Crippen LogP contribution in [0.15, 0.2) is 48.5 Å². The van der Waals surface area contributed by atoms with Gasteiger partial charge in [-0.25, -0.2) is 4.39 Å². The van der Waals surface area contributed by atoms with Crippen LogP contribution in [0.2, 0.25) is 0 Å². The number of likely N-dealkylation sites (tertiary alicyclic amines) is 1. The minimum atomic E-state index is -0.473. The maximum Gasteiger partial charge on any atom is 0.247 e. The number of amides is 1. The number of para-hydroxylation sites is 1. The predicted molar refractivity (Wildman–Crippen MR) is 115 cm³/mol. The van der Waals surface area contributed by atoms with E-state index in [1.165, 1.54) is 12.1 Å². The molecule has 1 amide bonds. The first-order valence-corrected chi connectivity index (χ1v) is 10.6. The van der Waals surface area contributed by atoms with E-state index in [0.29, 0.717) is 24.2 Å². The van der Waals surface area contributed by atoms with Crippen LogP contribution in [0.4, 0.5) is 10.1 Å². The first kappa shape index (κ1) is 20.5. The van der Waals surface area contributed by atoms with Crippen molar-refractivity contribution < 1.29 is 14.0 Å². The van der Waals surface area contributed by atoms with Crippen LogP contribution in [0.5, 0.6) is 0 Å². The average Bonchev–Trinajstić information content (AvgIpc) is 3.06. The number of rotatable bonds is 6. The number of nitrogens with zero attached hydrogens (tertiary/aromatic N) is 2. The van der Waals surface area contributed by atoms with E-state index >= 15 is 0 Å². The highest BCUT2D eigenvalue weighted by Crippen LogP contribution is 2.36. The second-order valence-corrected chi connectivity index (χ2v) is 8.29. The lowest BCUT2D eigenvalue weighted by Gasteiger charge is -2.43. The van der Waals surface area contributed by atoms with E-state index in [2.05, 4.69) is 27.2 Å². The van der Waals surface area contributed by atoms with Gasteiger partial charge in [0.05, 0.1) is 6.67 Å². The Kier molecular flexibility index (Phi) is 5.86. The zero-order valence-electron chi connectivity index (χ0n) is 17.4. The summed E-state index contributed by atoms with van der Waals surface area (Å²) >= 11 is 0. The molecule has 5 nitrogen and oxygen atoms in total. The van der Waals surface area contributed by atoms with Gasteiger partial charge in [0.25, 0.3) is 0 Å². The lowest BCUT2D eigenvalue weighted by molar-refractivity contribution is -0.125. The van der Waals surface area contributed by atoms with E-state index in [-0.39, 0.29) is 17.5 Å². The van der Waals surface area contributed by atoms with Crippen LogP contribution in [-0.2, 0) is 4.79 Å². The average molecular weight is 410 g/mol. The number of aryl methyl sites for hydroxylation is 1. The number of piperidine rings is 1. The molecule has 0 aromatic heterocycles. The Labute approximate surface area is 176 Å². The Morgan fingerprint density at radius 1 is 1.13 bits per heavy atom. The number of hydrogen-bond donors (Lipinski definition) is 1. The van der Waals surface area contributed by atoms with Crippen molar-refractivity contribution in [2.24, 2.45) is 0 Å². The van der Waals surface area contributed by atoms with Gasteiger partial charge >= 0.3 is 0 Å². The standard InChI is InChI=1S/C24H28FN3O2/c1-18-16-19(25)9-10-21(18)22(29)8-5-13-27-14-11-24(12-15-27)23(30)26-17-28(24)20-6-3-2-4-7-20/h2-4,6-7,9-10,16H,5,8,11-15,17H2,1H3,(H,26,30). The molecule has 0 bridgehead atoms.